The normalized spacial score (nSPS) is 11.7. The number of benzene rings is 1. The van der Waals surface area contributed by atoms with Gasteiger partial charge in [-0.3, -0.25) is 4.79 Å². The summed E-state index contributed by atoms with van der Waals surface area (Å²) in [6.07, 6.45) is 3.87. The van der Waals surface area contributed by atoms with Crippen molar-refractivity contribution in [3.05, 3.63) is 34.9 Å². The molecule has 0 saturated carbocycles. The molecule has 23 heavy (non-hydrogen) atoms. The molecule has 0 aliphatic rings. The van der Waals surface area contributed by atoms with Gasteiger partial charge in [-0.15, -0.1) is 0 Å². The molecular weight excluding hydrogens is 336 g/mol. The summed E-state index contributed by atoms with van der Waals surface area (Å²) in [4.78, 5) is 11.7. The predicted octanol–water partition coefficient (Wildman–Crippen LogP) is 2.45. The van der Waals surface area contributed by atoms with Crippen molar-refractivity contribution in [3.8, 4) is 0 Å². The predicted molar refractivity (Wildman–Crippen MR) is 94.1 cm³/mol. The highest BCUT2D eigenvalue weighted by Gasteiger charge is 2.17. The minimum absolute atomic E-state index is 0.112. The molecule has 0 saturated heterocycles. The van der Waals surface area contributed by atoms with Gasteiger partial charge < -0.3 is 5.32 Å². The van der Waals surface area contributed by atoms with Gasteiger partial charge in [-0.1, -0.05) is 37.1 Å². The maximum atomic E-state index is 11.9. The molecule has 1 aromatic carbocycles. The number of hydrogen-bond acceptors (Lipinski definition) is 3. The van der Waals surface area contributed by atoms with E-state index in [2.05, 4.69) is 5.32 Å². The number of hydrogen-bond donors (Lipinski definition) is 1. The van der Waals surface area contributed by atoms with E-state index < -0.39 is 10.0 Å². The third-order valence-corrected chi connectivity index (χ3v) is 5.03. The maximum absolute atomic E-state index is 11.9. The third-order valence-electron chi connectivity index (χ3n) is 3.47. The SMILES string of the molecule is CCCCNC(=O)CCN(CCc1ccc(Cl)cc1)S(C)(=O)=O. The van der Waals surface area contributed by atoms with Crippen LogP contribution in [0, 0.1) is 0 Å². The van der Waals surface area contributed by atoms with Gasteiger partial charge in [-0.05, 0) is 30.5 Å². The molecule has 130 valence electrons. The average molecular weight is 361 g/mol. The van der Waals surface area contributed by atoms with Crippen molar-refractivity contribution in [2.24, 2.45) is 0 Å². The molecule has 0 bridgehead atoms. The van der Waals surface area contributed by atoms with Crippen LogP contribution in [-0.2, 0) is 21.2 Å². The molecule has 1 aromatic rings. The molecule has 1 N–H and O–H groups in total. The van der Waals surface area contributed by atoms with E-state index in [1.807, 2.05) is 19.1 Å². The Labute approximate surface area is 144 Å². The van der Waals surface area contributed by atoms with Gasteiger partial charge in [0.25, 0.3) is 0 Å². The van der Waals surface area contributed by atoms with Crippen molar-refractivity contribution in [2.45, 2.75) is 32.6 Å². The minimum Gasteiger partial charge on any atom is -0.356 e. The summed E-state index contributed by atoms with van der Waals surface area (Å²) in [6.45, 7) is 3.24. The summed E-state index contributed by atoms with van der Waals surface area (Å²) in [5.74, 6) is -0.112. The van der Waals surface area contributed by atoms with Crippen LogP contribution in [0.1, 0.15) is 31.7 Å². The summed E-state index contributed by atoms with van der Waals surface area (Å²) < 4.78 is 25.1. The quantitative estimate of drug-likeness (QED) is 0.652. The second-order valence-electron chi connectivity index (χ2n) is 5.49. The molecule has 0 aliphatic heterocycles. The molecule has 0 radical (unpaired) electrons. The van der Waals surface area contributed by atoms with E-state index in [9.17, 15) is 13.2 Å². The highest BCUT2D eigenvalue weighted by atomic mass is 35.5. The zero-order valence-electron chi connectivity index (χ0n) is 13.7. The number of amides is 1. The molecule has 7 heteroatoms. The standard InChI is InChI=1S/C16H25ClN2O3S/c1-3-4-11-18-16(20)10-13-19(23(2,21)22)12-9-14-5-7-15(17)8-6-14/h5-8H,3-4,9-13H2,1-2H3,(H,18,20). The fourth-order valence-electron chi connectivity index (χ4n) is 2.07. The van der Waals surface area contributed by atoms with E-state index in [0.29, 0.717) is 24.5 Å². The van der Waals surface area contributed by atoms with E-state index in [1.54, 1.807) is 12.1 Å². The van der Waals surface area contributed by atoms with Crippen LogP contribution in [0.3, 0.4) is 0 Å². The zero-order valence-corrected chi connectivity index (χ0v) is 15.3. The van der Waals surface area contributed by atoms with Crippen LogP contribution in [0.15, 0.2) is 24.3 Å². The first-order valence-electron chi connectivity index (χ1n) is 7.79. The smallest absolute Gasteiger partial charge is 0.221 e. The molecular formula is C16H25ClN2O3S. The lowest BCUT2D eigenvalue weighted by Crippen LogP contribution is -2.36. The van der Waals surface area contributed by atoms with Crippen molar-refractivity contribution in [3.63, 3.8) is 0 Å². The molecule has 0 aromatic heterocycles. The molecule has 1 amide bonds. The van der Waals surface area contributed by atoms with Crippen LogP contribution in [0.25, 0.3) is 0 Å². The van der Waals surface area contributed by atoms with Gasteiger partial charge in [0.05, 0.1) is 6.26 Å². The number of carbonyl (C=O) groups is 1. The van der Waals surface area contributed by atoms with Gasteiger partial charge in [-0.2, -0.15) is 0 Å². The van der Waals surface area contributed by atoms with Crippen LogP contribution in [0.5, 0.6) is 0 Å². The first kappa shape index (κ1) is 19.9. The van der Waals surface area contributed by atoms with Crippen molar-refractivity contribution in [2.75, 3.05) is 25.9 Å². The topological polar surface area (TPSA) is 66.5 Å². The van der Waals surface area contributed by atoms with E-state index in [0.717, 1.165) is 18.4 Å². The fourth-order valence-corrected chi connectivity index (χ4v) is 3.04. The summed E-state index contributed by atoms with van der Waals surface area (Å²) in [5, 5.41) is 3.45. The van der Waals surface area contributed by atoms with Crippen molar-refractivity contribution < 1.29 is 13.2 Å². The van der Waals surface area contributed by atoms with Gasteiger partial charge >= 0.3 is 0 Å². The number of nitrogens with one attached hydrogen (secondary N) is 1. The molecule has 0 unspecified atom stereocenters. The number of rotatable bonds is 10. The van der Waals surface area contributed by atoms with Crippen molar-refractivity contribution >= 4 is 27.5 Å². The van der Waals surface area contributed by atoms with Crippen LogP contribution in [0.2, 0.25) is 5.02 Å². The molecule has 0 spiro atoms. The molecule has 0 atom stereocenters. The van der Waals surface area contributed by atoms with Crippen LogP contribution >= 0.6 is 11.6 Å². The molecule has 1 rings (SSSR count). The largest absolute Gasteiger partial charge is 0.356 e. The monoisotopic (exact) mass is 360 g/mol. The Bertz CT molecular complexity index is 588. The van der Waals surface area contributed by atoms with E-state index in [1.165, 1.54) is 10.6 Å². The number of halogens is 1. The number of nitrogens with zero attached hydrogens (tertiary/aromatic N) is 1. The Kier molecular flexibility index (Phi) is 8.58. The molecule has 0 aliphatic carbocycles. The summed E-state index contributed by atoms with van der Waals surface area (Å²) in [7, 11) is -3.34. The van der Waals surface area contributed by atoms with Crippen LogP contribution in [0.4, 0.5) is 0 Å². The first-order chi connectivity index (χ1) is 10.8. The zero-order chi connectivity index (χ0) is 17.3. The Morgan fingerprint density at radius 1 is 1.22 bits per heavy atom. The number of carbonyl (C=O) groups excluding carboxylic acids is 1. The number of sulfonamides is 1. The Hall–Kier alpha value is -1.11. The van der Waals surface area contributed by atoms with Gasteiger partial charge in [0, 0.05) is 31.1 Å². The molecule has 5 nitrogen and oxygen atoms in total. The van der Waals surface area contributed by atoms with E-state index in [-0.39, 0.29) is 18.9 Å². The average Bonchev–Trinajstić information content (AvgIpc) is 2.48. The van der Waals surface area contributed by atoms with Gasteiger partial charge in [0.2, 0.25) is 15.9 Å². The van der Waals surface area contributed by atoms with Gasteiger partial charge in [0.1, 0.15) is 0 Å². The third kappa shape index (κ3) is 8.34. The molecule has 0 fully saturated rings. The second-order valence-corrected chi connectivity index (χ2v) is 7.91. The highest BCUT2D eigenvalue weighted by Crippen LogP contribution is 2.11. The maximum Gasteiger partial charge on any atom is 0.221 e. The minimum atomic E-state index is -3.34. The molecule has 0 heterocycles. The highest BCUT2D eigenvalue weighted by molar-refractivity contribution is 7.88. The summed E-state index contributed by atoms with van der Waals surface area (Å²) in [5.41, 5.74) is 1.01. The lowest BCUT2D eigenvalue weighted by Gasteiger charge is -2.19. The Balaban J connectivity index is 2.50. The van der Waals surface area contributed by atoms with Crippen LogP contribution < -0.4 is 5.32 Å². The van der Waals surface area contributed by atoms with Crippen molar-refractivity contribution in [1.29, 1.82) is 0 Å². The van der Waals surface area contributed by atoms with Crippen molar-refractivity contribution in [1.82, 2.24) is 9.62 Å². The second kappa shape index (κ2) is 9.90. The van der Waals surface area contributed by atoms with Gasteiger partial charge in [-0.25, -0.2) is 12.7 Å². The fraction of sp³-hybridized carbons (Fsp3) is 0.562. The van der Waals surface area contributed by atoms with E-state index >= 15 is 0 Å². The lowest BCUT2D eigenvalue weighted by atomic mass is 10.1. The Morgan fingerprint density at radius 3 is 2.43 bits per heavy atom. The van der Waals surface area contributed by atoms with Gasteiger partial charge in [0.15, 0.2) is 0 Å². The van der Waals surface area contributed by atoms with E-state index in [4.69, 9.17) is 11.6 Å². The van der Waals surface area contributed by atoms with Crippen LogP contribution in [-0.4, -0.2) is 44.5 Å². The summed E-state index contributed by atoms with van der Waals surface area (Å²) in [6, 6.07) is 7.31. The lowest BCUT2D eigenvalue weighted by molar-refractivity contribution is -0.121. The Morgan fingerprint density at radius 2 is 1.87 bits per heavy atom. The first-order valence-corrected chi connectivity index (χ1v) is 10.0. The number of unbranched alkanes of at least 4 members (excludes halogenated alkanes) is 1. The summed E-state index contributed by atoms with van der Waals surface area (Å²) >= 11 is 5.83.